The van der Waals surface area contributed by atoms with Crippen molar-refractivity contribution >= 4 is 56.7 Å². The van der Waals surface area contributed by atoms with E-state index in [2.05, 4.69) is 69.3 Å². The number of aromatic nitrogens is 3. The summed E-state index contributed by atoms with van der Waals surface area (Å²) in [6.07, 6.45) is 4.89. The minimum atomic E-state index is 0.352. The quantitative estimate of drug-likeness (QED) is 0.311. The Hall–Kier alpha value is -2.26. The molecule has 136 valence electrons. The van der Waals surface area contributed by atoms with Crippen LogP contribution in [0.25, 0.3) is 16.2 Å². The molecule has 5 nitrogen and oxygen atoms in total. The van der Waals surface area contributed by atoms with Gasteiger partial charge in [-0.15, -0.1) is 11.3 Å². The number of aryl methyl sites for hydroxylation is 2. The molecule has 0 aliphatic carbocycles. The Balaban J connectivity index is 1.98. The molecule has 0 spiro atoms. The summed E-state index contributed by atoms with van der Waals surface area (Å²) >= 11 is 3.82. The van der Waals surface area contributed by atoms with Gasteiger partial charge in [-0.3, -0.25) is 9.38 Å². The molecule has 0 saturated heterocycles. The van der Waals surface area contributed by atoms with E-state index in [1.807, 2.05) is 17.6 Å². The summed E-state index contributed by atoms with van der Waals surface area (Å²) in [7, 11) is 0. The Bertz CT molecular complexity index is 1130. The maximum Gasteiger partial charge on any atom is 0.196 e. The maximum atomic E-state index is 11.2. The fourth-order valence-electron chi connectivity index (χ4n) is 3.14. The largest absolute Gasteiger partial charge is 0.339 e. The van der Waals surface area contributed by atoms with Crippen molar-refractivity contribution < 1.29 is 4.79 Å². The van der Waals surface area contributed by atoms with Crippen LogP contribution >= 0.6 is 33.9 Å². The topological polar surface area (TPSA) is 59.3 Å². The molecule has 0 bridgehead atoms. The van der Waals surface area contributed by atoms with Crippen LogP contribution in [0.5, 0.6) is 0 Å². The number of halogens is 1. The number of hydrogen-bond acceptors (Lipinski definition) is 5. The number of imidazole rings is 1. The Kier molecular flexibility index (Phi) is 4.96. The molecule has 4 aromatic rings. The van der Waals surface area contributed by atoms with Crippen molar-refractivity contribution in [3.8, 4) is 11.3 Å². The second kappa shape index (κ2) is 7.40. The molecule has 0 aliphatic rings. The van der Waals surface area contributed by atoms with Crippen LogP contribution in [0, 0.1) is 17.4 Å². The SMILES string of the molecule is Cc1cccc(C)c1Nc1c(-c2ccncc2I)nc2scc(CC=O)n12. The van der Waals surface area contributed by atoms with E-state index in [1.165, 1.54) is 0 Å². The summed E-state index contributed by atoms with van der Waals surface area (Å²) in [5, 5.41) is 5.60. The zero-order valence-electron chi connectivity index (χ0n) is 14.9. The van der Waals surface area contributed by atoms with Gasteiger partial charge in [-0.05, 0) is 53.6 Å². The summed E-state index contributed by atoms with van der Waals surface area (Å²) in [5.74, 6) is 0.879. The molecule has 4 rings (SSSR count). The lowest BCUT2D eigenvalue weighted by Gasteiger charge is -2.14. The third kappa shape index (κ3) is 3.25. The van der Waals surface area contributed by atoms with E-state index < -0.39 is 0 Å². The van der Waals surface area contributed by atoms with Crippen LogP contribution in [-0.2, 0) is 11.2 Å². The van der Waals surface area contributed by atoms with Gasteiger partial charge in [-0.2, -0.15) is 0 Å². The summed E-state index contributed by atoms with van der Waals surface area (Å²) in [5.41, 5.74) is 6.20. The minimum absolute atomic E-state index is 0.352. The highest BCUT2D eigenvalue weighted by atomic mass is 127. The summed E-state index contributed by atoms with van der Waals surface area (Å²) in [6, 6.07) is 8.20. The number of pyridine rings is 1. The lowest BCUT2D eigenvalue weighted by molar-refractivity contribution is -0.107. The van der Waals surface area contributed by atoms with Gasteiger partial charge in [0.25, 0.3) is 0 Å². The van der Waals surface area contributed by atoms with Crippen LogP contribution in [-0.4, -0.2) is 20.7 Å². The van der Waals surface area contributed by atoms with Crippen molar-refractivity contribution in [3.05, 3.63) is 62.4 Å². The van der Waals surface area contributed by atoms with Crippen molar-refractivity contribution in [2.45, 2.75) is 20.3 Å². The van der Waals surface area contributed by atoms with E-state index in [9.17, 15) is 4.79 Å². The normalized spacial score (nSPS) is 11.1. The molecule has 7 heteroatoms. The second-order valence-electron chi connectivity index (χ2n) is 6.27. The van der Waals surface area contributed by atoms with Gasteiger partial charge in [0.15, 0.2) is 4.96 Å². The monoisotopic (exact) mass is 488 g/mol. The molecule has 0 saturated carbocycles. The first kappa shape index (κ1) is 18.1. The van der Waals surface area contributed by atoms with E-state index in [0.717, 1.165) is 54.4 Å². The third-order valence-electron chi connectivity index (χ3n) is 4.48. The van der Waals surface area contributed by atoms with Crippen molar-refractivity contribution in [2.24, 2.45) is 0 Å². The van der Waals surface area contributed by atoms with Crippen LogP contribution in [0.2, 0.25) is 0 Å². The number of fused-ring (bicyclic) bond motifs is 1. The number of nitrogens with zero attached hydrogens (tertiary/aromatic N) is 3. The number of benzene rings is 1. The molecule has 0 amide bonds. The van der Waals surface area contributed by atoms with Crippen LogP contribution in [0.4, 0.5) is 11.5 Å². The maximum absolute atomic E-state index is 11.2. The molecule has 3 aromatic heterocycles. The first-order chi connectivity index (χ1) is 13.1. The van der Waals surface area contributed by atoms with Crippen molar-refractivity contribution in [1.29, 1.82) is 0 Å². The highest BCUT2D eigenvalue weighted by molar-refractivity contribution is 14.1. The van der Waals surface area contributed by atoms with E-state index in [4.69, 9.17) is 4.98 Å². The smallest absolute Gasteiger partial charge is 0.196 e. The number of carbonyl (C=O) groups excluding carboxylic acids is 1. The molecule has 1 N–H and O–H groups in total. The number of anilines is 2. The number of aldehydes is 1. The van der Waals surface area contributed by atoms with Gasteiger partial charge >= 0.3 is 0 Å². The zero-order valence-corrected chi connectivity index (χ0v) is 17.8. The van der Waals surface area contributed by atoms with E-state index in [0.29, 0.717) is 6.42 Å². The Morgan fingerprint density at radius 1 is 1.26 bits per heavy atom. The predicted molar refractivity (Wildman–Crippen MR) is 118 cm³/mol. The molecule has 0 atom stereocenters. The number of rotatable bonds is 5. The van der Waals surface area contributed by atoms with Crippen LogP contribution in [0.1, 0.15) is 16.8 Å². The predicted octanol–water partition coefficient (Wildman–Crippen LogP) is 5.16. The van der Waals surface area contributed by atoms with Crippen LogP contribution < -0.4 is 5.32 Å². The highest BCUT2D eigenvalue weighted by Crippen LogP contribution is 2.37. The fourth-order valence-corrected chi connectivity index (χ4v) is 4.64. The number of carbonyl (C=O) groups is 1. The molecule has 1 aromatic carbocycles. The van der Waals surface area contributed by atoms with E-state index in [-0.39, 0.29) is 0 Å². The molecule has 27 heavy (non-hydrogen) atoms. The molecule has 0 unspecified atom stereocenters. The molecule has 0 aliphatic heterocycles. The average molecular weight is 488 g/mol. The molecular formula is C20H17IN4OS. The molecule has 3 heterocycles. The fraction of sp³-hybridized carbons (Fsp3) is 0.150. The first-order valence-corrected chi connectivity index (χ1v) is 10.4. The highest BCUT2D eigenvalue weighted by Gasteiger charge is 2.20. The van der Waals surface area contributed by atoms with Gasteiger partial charge in [0.1, 0.15) is 17.8 Å². The number of nitrogens with one attached hydrogen (secondary N) is 1. The molecule has 0 radical (unpaired) electrons. The van der Waals surface area contributed by atoms with Crippen molar-refractivity contribution in [3.63, 3.8) is 0 Å². The molecular weight excluding hydrogens is 471 g/mol. The average Bonchev–Trinajstić information content (AvgIpc) is 3.19. The zero-order chi connectivity index (χ0) is 19.0. The van der Waals surface area contributed by atoms with Crippen molar-refractivity contribution in [2.75, 3.05) is 5.32 Å². The summed E-state index contributed by atoms with van der Waals surface area (Å²) in [4.78, 5) is 21.1. The first-order valence-electron chi connectivity index (χ1n) is 8.45. The van der Waals surface area contributed by atoms with E-state index in [1.54, 1.807) is 17.5 Å². The minimum Gasteiger partial charge on any atom is -0.339 e. The summed E-state index contributed by atoms with van der Waals surface area (Å²) < 4.78 is 3.08. The van der Waals surface area contributed by atoms with Crippen molar-refractivity contribution in [1.82, 2.24) is 14.4 Å². The van der Waals surface area contributed by atoms with Crippen LogP contribution in [0.3, 0.4) is 0 Å². The van der Waals surface area contributed by atoms with Gasteiger partial charge in [0.2, 0.25) is 0 Å². The van der Waals surface area contributed by atoms with E-state index >= 15 is 0 Å². The van der Waals surface area contributed by atoms with Gasteiger partial charge in [0.05, 0.1) is 0 Å². The Morgan fingerprint density at radius 2 is 2.04 bits per heavy atom. The molecule has 0 fully saturated rings. The lowest BCUT2D eigenvalue weighted by atomic mass is 10.1. The van der Waals surface area contributed by atoms with Gasteiger partial charge < -0.3 is 10.1 Å². The standard InChI is InChI=1S/C20H17IN4OS/c1-12-4-3-5-13(2)17(12)23-19-18(15-6-8-22-10-16(15)21)24-20-25(19)14(7-9-26)11-27-20/h3-6,8-11,23H,7H2,1-2H3. The Morgan fingerprint density at radius 3 is 2.74 bits per heavy atom. The van der Waals surface area contributed by atoms with Gasteiger partial charge in [-0.25, -0.2) is 4.98 Å². The number of thiazole rings is 1. The lowest BCUT2D eigenvalue weighted by Crippen LogP contribution is -2.03. The second-order valence-corrected chi connectivity index (χ2v) is 8.27. The third-order valence-corrected chi connectivity index (χ3v) is 6.21. The van der Waals surface area contributed by atoms with Gasteiger partial charge in [0, 0.05) is 44.7 Å². The number of hydrogen-bond donors (Lipinski definition) is 1. The van der Waals surface area contributed by atoms with Crippen LogP contribution in [0.15, 0.2) is 42.0 Å². The van der Waals surface area contributed by atoms with Gasteiger partial charge in [-0.1, -0.05) is 18.2 Å². The number of para-hydroxylation sites is 1. The summed E-state index contributed by atoms with van der Waals surface area (Å²) in [6.45, 7) is 4.17. The Labute approximate surface area is 174 Å².